The number of hydrogen-bond acceptors (Lipinski definition) is 2. The van der Waals surface area contributed by atoms with Crippen LogP contribution < -0.4 is 5.32 Å². The molecule has 19 heavy (non-hydrogen) atoms. The van der Waals surface area contributed by atoms with Gasteiger partial charge in [-0.2, -0.15) is 0 Å². The standard InChI is InChI=1S/C14H18FN3O/c15-12-1-3-13(4-2-12)16-14(19)11-18-8-5-17(6-9-18)7-10-18/h1-4H,5-11H2/p+1. The second-order valence-electron chi connectivity index (χ2n) is 5.57. The molecule has 4 rings (SSSR count). The largest absolute Gasteiger partial charge is 0.321 e. The summed E-state index contributed by atoms with van der Waals surface area (Å²) in [5, 5.41) is 2.86. The summed E-state index contributed by atoms with van der Waals surface area (Å²) in [6, 6.07) is 5.92. The van der Waals surface area contributed by atoms with Crippen LogP contribution in [0.25, 0.3) is 0 Å². The molecule has 3 fully saturated rings. The van der Waals surface area contributed by atoms with Crippen LogP contribution in [0, 0.1) is 5.82 Å². The van der Waals surface area contributed by atoms with Crippen molar-refractivity contribution in [3.8, 4) is 0 Å². The van der Waals surface area contributed by atoms with E-state index in [0.717, 1.165) is 43.8 Å². The van der Waals surface area contributed by atoms with Gasteiger partial charge in [0.05, 0.1) is 19.6 Å². The SMILES string of the molecule is O=C(C[N+]12CCN(CC1)CC2)Nc1ccc(F)cc1. The lowest BCUT2D eigenvalue weighted by atomic mass is 10.1. The second-order valence-corrected chi connectivity index (χ2v) is 5.57. The van der Waals surface area contributed by atoms with E-state index in [1.165, 1.54) is 12.1 Å². The molecule has 3 aliphatic rings. The van der Waals surface area contributed by atoms with Crippen molar-refractivity contribution in [3.63, 3.8) is 0 Å². The van der Waals surface area contributed by atoms with Gasteiger partial charge in [-0.05, 0) is 24.3 Å². The molecule has 0 atom stereocenters. The van der Waals surface area contributed by atoms with Gasteiger partial charge in [0, 0.05) is 25.3 Å². The number of carbonyl (C=O) groups excluding carboxylic acids is 1. The fraction of sp³-hybridized carbons (Fsp3) is 0.500. The number of benzene rings is 1. The Kier molecular flexibility index (Phi) is 3.24. The van der Waals surface area contributed by atoms with Gasteiger partial charge >= 0.3 is 0 Å². The zero-order chi connectivity index (χ0) is 13.3. The van der Waals surface area contributed by atoms with Crippen molar-refractivity contribution in [3.05, 3.63) is 30.1 Å². The molecule has 1 aromatic carbocycles. The minimum atomic E-state index is -0.285. The highest BCUT2D eigenvalue weighted by atomic mass is 19.1. The second kappa shape index (κ2) is 4.90. The van der Waals surface area contributed by atoms with Crippen LogP contribution in [0.15, 0.2) is 24.3 Å². The zero-order valence-corrected chi connectivity index (χ0v) is 10.9. The molecule has 1 N–H and O–H groups in total. The van der Waals surface area contributed by atoms with Gasteiger partial charge in [0.15, 0.2) is 6.54 Å². The fourth-order valence-corrected chi connectivity index (χ4v) is 3.01. The van der Waals surface area contributed by atoms with Crippen molar-refractivity contribution in [2.75, 3.05) is 51.1 Å². The van der Waals surface area contributed by atoms with Crippen molar-refractivity contribution in [1.82, 2.24) is 4.90 Å². The Hall–Kier alpha value is -1.46. The number of nitrogens with one attached hydrogen (secondary N) is 1. The summed E-state index contributed by atoms with van der Waals surface area (Å²) in [6.45, 7) is 7.03. The first kappa shape index (κ1) is 12.6. The zero-order valence-electron chi connectivity index (χ0n) is 10.9. The van der Waals surface area contributed by atoms with E-state index in [1.807, 2.05) is 0 Å². The van der Waals surface area contributed by atoms with Crippen molar-refractivity contribution < 1.29 is 13.7 Å². The first-order valence-electron chi connectivity index (χ1n) is 6.78. The van der Waals surface area contributed by atoms with Crippen molar-refractivity contribution >= 4 is 11.6 Å². The van der Waals surface area contributed by atoms with Crippen molar-refractivity contribution in [1.29, 1.82) is 0 Å². The molecular formula is C14H19FN3O+. The summed E-state index contributed by atoms with van der Waals surface area (Å²) in [5.74, 6) is -0.256. The number of quaternary nitrogens is 1. The molecule has 3 saturated heterocycles. The molecule has 3 aliphatic heterocycles. The summed E-state index contributed by atoms with van der Waals surface area (Å²) >= 11 is 0. The molecule has 1 amide bonds. The molecule has 0 aliphatic carbocycles. The summed E-state index contributed by atoms with van der Waals surface area (Å²) in [4.78, 5) is 14.6. The Morgan fingerprint density at radius 1 is 1.16 bits per heavy atom. The molecule has 102 valence electrons. The molecule has 0 spiro atoms. The van der Waals surface area contributed by atoms with Gasteiger partial charge < -0.3 is 9.80 Å². The highest BCUT2D eigenvalue weighted by Crippen LogP contribution is 2.19. The third-order valence-electron chi connectivity index (χ3n) is 4.28. The molecule has 0 saturated carbocycles. The molecule has 4 nitrogen and oxygen atoms in total. The lowest BCUT2D eigenvalue weighted by molar-refractivity contribution is -0.933. The molecular weight excluding hydrogens is 245 g/mol. The molecule has 0 unspecified atom stereocenters. The summed E-state index contributed by atoms with van der Waals surface area (Å²) in [5.41, 5.74) is 0.667. The number of piperazine rings is 3. The molecule has 5 heteroatoms. The number of hydrogen-bond donors (Lipinski definition) is 1. The van der Waals surface area contributed by atoms with E-state index in [9.17, 15) is 9.18 Å². The Morgan fingerprint density at radius 3 is 2.32 bits per heavy atom. The third-order valence-corrected chi connectivity index (χ3v) is 4.28. The van der Waals surface area contributed by atoms with E-state index in [1.54, 1.807) is 12.1 Å². The van der Waals surface area contributed by atoms with Gasteiger partial charge in [0.2, 0.25) is 0 Å². The number of rotatable bonds is 3. The summed E-state index contributed by atoms with van der Waals surface area (Å²) < 4.78 is 13.7. The maximum atomic E-state index is 12.8. The lowest BCUT2D eigenvalue weighted by Gasteiger charge is -2.50. The number of halogens is 1. The van der Waals surface area contributed by atoms with E-state index in [4.69, 9.17) is 0 Å². The van der Waals surface area contributed by atoms with Crippen LogP contribution in [0.4, 0.5) is 10.1 Å². The van der Waals surface area contributed by atoms with Gasteiger partial charge in [-0.1, -0.05) is 0 Å². The van der Waals surface area contributed by atoms with Gasteiger partial charge in [-0.25, -0.2) is 4.39 Å². The van der Waals surface area contributed by atoms with Crippen LogP contribution in [0.2, 0.25) is 0 Å². The topological polar surface area (TPSA) is 32.3 Å². The van der Waals surface area contributed by atoms with Gasteiger partial charge in [0.25, 0.3) is 5.91 Å². The lowest BCUT2D eigenvalue weighted by Crippen LogP contribution is -2.68. The highest BCUT2D eigenvalue weighted by Gasteiger charge is 2.39. The van der Waals surface area contributed by atoms with Crippen LogP contribution in [-0.4, -0.2) is 61.1 Å². The number of nitrogens with zero attached hydrogens (tertiary/aromatic N) is 2. The van der Waals surface area contributed by atoms with E-state index in [-0.39, 0.29) is 11.7 Å². The quantitative estimate of drug-likeness (QED) is 0.823. The average molecular weight is 264 g/mol. The van der Waals surface area contributed by atoms with E-state index in [2.05, 4.69) is 10.2 Å². The molecule has 3 heterocycles. The monoisotopic (exact) mass is 264 g/mol. The van der Waals surface area contributed by atoms with Gasteiger partial charge in [0.1, 0.15) is 5.82 Å². The third kappa shape index (κ3) is 2.77. The summed E-state index contributed by atoms with van der Waals surface area (Å²) in [6.07, 6.45) is 0. The Labute approximate surface area is 112 Å². The van der Waals surface area contributed by atoms with Crippen LogP contribution in [-0.2, 0) is 4.79 Å². The Morgan fingerprint density at radius 2 is 1.74 bits per heavy atom. The van der Waals surface area contributed by atoms with Gasteiger partial charge in [-0.3, -0.25) is 9.69 Å². The van der Waals surface area contributed by atoms with Crippen molar-refractivity contribution in [2.24, 2.45) is 0 Å². The smallest absolute Gasteiger partial charge is 0.279 e. The fourth-order valence-electron chi connectivity index (χ4n) is 3.01. The maximum Gasteiger partial charge on any atom is 0.279 e. The van der Waals surface area contributed by atoms with E-state index >= 15 is 0 Å². The molecule has 1 aromatic rings. The normalized spacial score (nSPS) is 29.2. The van der Waals surface area contributed by atoms with E-state index < -0.39 is 0 Å². The molecule has 2 bridgehead atoms. The van der Waals surface area contributed by atoms with Gasteiger partial charge in [-0.15, -0.1) is 0 Å². The average Bonchev–Trinajstić information content (AvgIpc) is 2.43. The van der Waals surface area contributed by atoms with Crippen LogP contribution in [0.3, 0.4) is 0 Å². The van der Waals surface area contributed by atoms with Crippen LogP contribution in [0.1, 0.15) is 0 Å². The minimum Gasteiger partial charge on any atom is -0.321 e. The molecule has 0 radical (unpaired) electrons. The predicted molar refractivity (Wildman–Crippen MR) is 71.2 cm³/mol. The Bertz CT molecular complexity index is 452. The predicted octanol–water partition coefficient (Wildman–Crippen LogP) is 0.910. The number of carbonyl (C=O) groups is 1. The minimum absolute atomic E-state index is 0.0296. The maximum absolute atomic E-state index is 12.8. The van der Waals surface area contributed by atoms with Crippen molar-refractivity contribution in [2.45, 2.75) is 0 Å². The number of amides is 1. The van der Waals surface area contributed by atoms with Crippen LogP contribution in [0.5, 0.6) is 0 Å². The first-order chi connectivity index (χ1) is 9.15. The first-order valence-corrected chi connectivity index (χ1v) is 6.78. The van der Waals surface area contributed by atoms with E-state index in [0.29, 0.717) is 12.2 Å². The summed E-state index contributed by atoms with van der Waals surface area (Å²) in [7, 11) is 0. The van der Waals surface area contributed by atoms with Crippen LogP contribution >= 0.6 is 0 Å². The molecule has 0 aromatic heterocycles. The number of anilines is 1. The Balaban J connectivity index is 1.60. The number of fused-ring (bicyclic) bond motifs is 3. The highest BCUT2D eigenvalue weighted by molar-refractivity contribution is 5.91.